The Morgan fingerprint density at radius 2 is 2.19 bits per heavy atom. The van der Waals surface area contributed by atoms with E-state index < -0.39 is 0 Å². The number of ether oxygens (including phenoxy) is 1. The molecule has 0 radical (unpaired) electrons. The van der Waals surface area contributed by atoms with Crippen LogP contribution in [0.4, 0.5) is 0 Å². The molecule has 0 aliphatic carbocycles. The maximum Gasteiger partial charge on any atom is 0.120 e. The summed E-state index contributed by atoms with van der Waals surface area (Å²) in [6, 6.07) is 7.38. The molecule has 0 unspecified atom stereocenters. The summed E-state index contributed by atoms with van der Waals surface area (Å²) in [5, 5.41) is 11.9. The van der Waals surface area contributed by atoms with Crippen LogP contribution in [0.1, 0.15) is 17.5 Å². The first kappa shape index (κ1) is 12.1. The summed E-state index contributed by atoms with van der Waals surface area (Å²) in [4.78, 5) is 0. The number of hydrogen-bond donors (Lipinski definition) is 1. The summed E-state index contributed by atoms with van der Waals surface area (Å²) >= 11 is 0. The number of nitrogens with zero attached hydrogens (tertiary/aromatic N) is 1. The van der Waals surface area contributed by atoms with Crippen LogP contribution in [0.2, 0.25) is 0 Å². The lowest BCUT2D eigenvalue weighted by molar-refractivity contribution is 0.414. The van der Waals surface area contributed by atoms with E-state index in [0.29, 0.717) is 5.56 Å². The quantitative estimate of drug-likeness (QED) is 0.613. The van der Waals surface area contributed by atoms with Gasteiger partial charge in [-0.15, -0.1) is 0 Å². The van der Waals surface area contributed by atoms with Crippen molar-refractivity contribution in [3.05, 3.63) is 29.3 Å². The van der Waals surface area contributed by atoms with Gasteiger partial charge in [-0.2, -0.15) is 5.26 Å². The second-order valence-corrected chi connectivity index (χ2v) is 3.18. The van der Waals surface area contributed by atoms with Crippen LogP contribution in [0.5, 0.6) is 5.75 Å². The minimum absolute atomic E-state index is 0.581. The number of benzene rings is 1. The number of nitrogens with one attached hydrogen (secondary N) is 1. The molecule has 82 valence electrons. The van der Waals surface area contributed by atoms with E-state index in [4.69, 9.17) is 10.00 Å². The fourth-order valence-electron chi connectivity index (χ4n) is 1.20. The molecule has 0 saturated heterocycles. The smallest absolute Gasteiger partial charge is 0.120 e. The Kier molecular flexibility index (Phi) is 4.92. The predicted molar refractivity (Wildman–Crippen MR) is 63.1 cm³/mol. The second-order valence-electron chi connectivity index (χ2n) is 3.18. The lowest BCUT2D eigenvalue weighted by Gasteiger charge is -2.00. The topological polar surface area (TPSA) is 45.0 Å². The molecule has 0 amide bonds. The molecule has 0 aromatic heterocycles. The minimum atomic E-state index is 0.581. The molecule has 1 rings (SSSR count). The summed E-state index contributed by atoms with van der Waals surface area (Å²) in [6.45, 7) is 0.846. The molecule has 1 N–H and O–H groups in total. The third-order valence-corrected chi connectivity index (χ3v) is 2.07. The van der Waals surface area contributed by atoms with Crippen LogP contribution >= 0.6 is 0 Å². The predicted octanol–water partition coefficient (Wildman–Crippen LogP) is 1.53. The summed E-state index contributed by atoms with van der Waals surface area (Å²) in [5.41, 5.74) is 1.30. The van der Waals surface area contributed by atoms with Crippen LogP contribution < -0.4 is 10.1 Å². The molecule has 0 bridgehead atoms. The van der Waals surface area contributed by atoms with Crippen molar-refractivity contribution in [3.8, 4) is 23.7 Å². The van der Waals surface area contributed by atoms with Crippen LogP contribution in [0.3, 0.4) is 0 Å². The monoisotopic (exact) mass is 214 g/mol. The van der Waals surface area contributed by atoms with Gasteiger partial charge in [-0.25, -0.2) is 0 Å². The Bertz CT molecular complexity index is 449. The Hall–Kier alpha value is -1.97. The zero-order valence-corrected chi connectivity index (χ0v) is 9.50. The minimum Gasteiger partial charge on any atom is -0.497 e. The van der Waals surface area contributed by atoms with E-state index in [1.54, 1.807) is 25.3 Å². The molecule has 0 heterocycles. The van der Waals surface area contributed by atoms with Crippen molar-refractivity contribution in [2.24, 2.45) is 0 Å². The first-order valence-corrected chi connectivity index (χ1v) is 5.03. The molecule has 1 aromatic carbocycles. The zero-order chi connectivity index (χ0) is 11.8. The number of nitriles is 1. The van der Waals surface area contributed by atoms with Crippen LogP contribution in [-0.2, 0) is 0 Å². The van der Waals surface area contributed by atoms with Gasteiger partial charge in [-0.1, -0.05) is 11.8 Å². The van der Waals surface area contributed by atoms with Crippen LogP contribution in [0, 0.1) is 23.2 Å². The summed E-state index contributed by atoms with van der Waals surface area (Å²) in [6.07, 6.45) is 0.762. The first-order valence-electron chi connectivity index (χ1n) is 5.03. The molecule has 0 saturated carbocycles. The Balaban J connectivity index is 2.91. The fourth-order valence-corrected chi connectivity index (χ4v) is 1.20. The Labute approximate surface area is 96.0 Å². The number of methoxy groups -OCH3 is 1. The van der Waals surface area contributed by atoms with Crippen molar-refractivity contribution in [3.63, 3.8) is 0 Å². The molecule has 0 aliphatic rings. The molecule has 0 atom stereocenters. The second kappa shape index (κ2) is 6.50. The van der Waals surface area contributed by atoms with Gasteiger partial charge in [-0.3, -0.25) is 0 Å². The highest BCUT2D eigenvalue weighted by molar-refractivity contribution is 5.51. The van der Waals surface area contributed by atoms with Gasteiger partial charge in [-0.05, 0) is 25.2 Å². The highest BCUT2D eigenvalue weighted by Gasteiger charge is 2.00. The molecule has 0 spiro atoms. The molecule has 16 heavy (non-hydrogen) atoms. The van der Waals surface area contributed by atoms with Crippen molar-refractivity contribution >= 4 is 0 Å². The van der Waals surface area contributed by atoms with Crippen LogP contribution in [0.15, 0.2) is 18.2 Å². The Morgan fingerprint density at radius 1 is 1.38 bits per heavy atom. The van der Waals surface area contributed by atoms with Gasteiger partial charge < -0.3 is 10.1 Å². The lowest BCUT2D eigenvalue weighted by Crippen LogP contribution is -2.05. The van der Waals surface area contributed by atoms with Crippen molar-refractivity contribution in [2.75, 3.05) is 20.7 Å². The van der Waals surface area contributed by atoms with Gasteiger partial charge >= 0.3 is 0 Å². The normalized spacial score (nSPS) is 8.81. The lowest BCUT2D eigenvalue weighted by atomic mass is 10.1. The molecule has 0 aliphatic heterocycles. The summed E-state index contributed by atoms with van der Waals surface area (Å²) < 4.78 is 5.09. The van der Waals surface area contributed by atoms with Gasteiger partial charge in [0.1, 0.15) is 11.8 Å². The van der Waals surface area contributed by atoms with Crippen molar-refractivity contribution in [1.29, 1.82) is 5.26 Å². The standard InChI is InChI=1S/C13H14N2O/c1-15-8-4-3-5-11-9-13(16-2)7-6-12(11)10-14/h6-7,9,15H,4,8H2,1-2H3. The van der Waals surface area contributed by atoms with Crippen molar-refractivity contribution in [2.45, 2.75) is 6.42 Å². The summed E-state index contributed by atoms with van der Waals surface area (Å²) in [7, 11) is 3.48. The highest BCUT2D eigenvalue weighted by atomic mass is 16.5. The third kappa shape index (κ3) is 3.31. The number of rotatable bonds is 3. The molecule has 1 aromatic rings. The molecule has 0 fully saturated rings. The van der Waals surface area contributed by atoms with Gasteiger partial charge in [0.15, 0.2) is 0 Å². The maximum absolute atomic E-state index is 8.91. The van der Waals surface area contributed by atoms with E-state index in [-0.39, 0.29) is 0 Å². The highest BCUT2D eigenvalue weighted by Crippen LogP contribution is 2.16. The van der Waals surface area contributed by atoms with Crippen molar-refractivity contribution in [1.82, 2.24) is 5.32 Å². The zero-order valence-electron chi connectivity index (χ0n) is 9.50. The van der Waals surface area contributed by atoms with Crippen LogP contribution in [0.25, 0.3) is 0 Å². The Morgan fingerprint density at radius 3 is 2.81 bits per heavy atom. The van der Waals surface area contributed by atoms with Crippen LogP contribution in [-0.4, -0.2) is 20.7 Å². The average Bonchev–Trinajstić information content (AvgIpc) is 2.34. The molecular formula is C13H14N2O. The van der Waals surface area contributed by atoms with Gasteiger partial charge in [0.25, 0.3) is 0 Å². The third-order valence-electron chi connectivity index (χ3n) is 2.07. The summed E-state index contributed by atoms with van der Waals surface area (Å²) in [5.74, 6) is 6.71. The van der Waals surface area contributed by atoms with E-state index in [9.17, 15) is 0 Å². The van der Waals surface area contributed by atoms with Gasteiger partial charge in [0.2, 0.25) is 0 Å². The first-order chi connectivity index (χ1) is 7.81. The average molecular weight is 214 g/mol. The van der Waals surface area contributed by atoms with E-state index in [1.165, 1.54) is 0 Å². The maximum atomic E-state index is 8.91. The fraction of sp³-hybridized carbons (Fsp3) is 0.308. The van der Waals surface area contributed by atoms with E-state index in [0.717, 1.165) is 24.3 Å². The number of hydrogen-bond acceptors (Lipinski definition) is 3. The molecule has 3 nitrogen and oxygen atoms in total. The van der Waals surface area contributed by atoms with E-state index in [1.807, 2.05) is 7.05 Å². The van der Waals surface area contributed by atoms with Gasteiger partial charge in [0, 0.05) is 18.5 Å². The van der Waals surface area contributed by atoms with Crippen molar-refractivity contribution < 1.29 is 4.74 Å². The van der Waals surface area contributed by atoms with E-state index >= 15 is 0 Å². The molecular weight excluding hydrogens is 200 g/mol. The largest absolute Gasteiger partial charge is 0.497 e. The van der Waals surface area contributed by atoms with Gasteiger partial charge in [0.05, 0.1) is 12.7 Å². The SMILES string of the molecule is CNCCC#Cc1cc(OC)ccc1C#N. The molecule has 3 heteroatoms. The van der Waals surface area contributed by atoms with E-state index in [2.05, 4.69) is 23.2 Å².